The Kier molecular flexibility index (Phi) is 6.35. The molecule has 35 heavy (non-hydrogen) atoms. The van der Waals surface area contributed by atoms with Gasteiger partial charge in [-0.2, -0.15) is 9.29 Å². The molecule has 1 aromatic carbocycles. The van der Waals surface area contributed by atoms with Crippen molar-refractivity contribution < 1.29 is 13.2 Å². The van der Waals surface area contributed by atoms with E-state index >= 15 is 0 Å². The van der Waals surface area contributed by atoms with Gasteiger partial charge in [-0.25, -0.2) is 13.4 Å². The summed E-state index contributed by atoms with van der Waals surface area (Å²) in [5.41, 5.74) is 7.69. The highest BCUT2D eigenvalue weighted by Gasteiger charge is 2.30. The Balaban J connectivity index is 1.22. The lowest BCUT2D eigenvalue weighted by Gasteiger charge is -2.31. The maximum Gasteiger partial charge on any atom is 0.254 e. The molecule has 0 radical (unpaired) electrons. The number of primary amides is 1. The highest BCUT2D eigenvalue weighted by Crippen LogP contribution is 2.32. The molecule has 2 aromatic heterocycles. The molecule has 10 nitrogen and oxygen atoms in total. The Morgan fingerprint density at radius 3 is 2.40 bits per heavy atom. The standard InChI is InChI=1S/C24H27N7O3S/c25-22(32)21-15-27-24(30-23(21)28-18-7-8-18)29-19-5-3-16(4-6-19)17-9-12-31(13-10-17)35(33,34)20-2-1-11-26-14-20/h1-6,11,14-15,17-18H,7-10,12-13H2,(H2,25,32)(H2,27,28,29,30). The Labute approximate surface area is 204 Å². The van der Waals surface area contributed by atoms with Crippen molar-refractivity contribution in [3.63, 3.8) is 0 Å². The summed E-state index contributed by atoms with van der Waals surface area (Å²) in [6, 6.07) is 11.5. The zero-order valence-electron chi connectivity index (χ0n) is 19.1. The van der Waals surface area contributed by atoms with E-state index in [4.69, 9.17) is 5.73 Å². The van der Waals surface area contributed by atoms with Gasteiger partial charge in [-0.05, 0) is 61.4 Å². The lowest BCUT2D eigenvalue weighted by Crippen LogP contribution is -2.37. The summed E-state index contributed by atoms with van der Waals surface area (Å²) >= 11 is 0. The van der Waals surface area contributed by atoms with Crippen molar-refractivity contribution in [2.24, 2.45) is 5.73 Å². The summed E-state index contributed by atoms with van der Waals surface area (Å²) < 4.78 is 27.2. The number of aromatic nitrogens is 3. The SMILES string of the molecule is NC(=O)c1cnc(Nc2ccc(C3CCN(S(=O)(=O)c4cccnc4)CC3)cc2)nc1NC1CC1. The van der Waals surface area contributed by atoms with Gasteiger partial charge in [-0.15, -0.1) is 0 Å². The van der Waals surface area contributed by atoms with Crippen LogP contribution >= 0.6 is 0 Å². The molecule has 1 saturated heterocycles. The lowest BCUT2D eigenvalue weighted by atomic mass is 9.90. The molecule has 1 aliphatic heterocycles. The van der Waals surface area contributed by atoms with Crippen molar-refractivity contribution in [3.05, 3.63) is 66.1 Å². The molecule has 2 fully saturated rings. The second kappa shape index (κ2) is 9.59. The molecular formula is C24H27N7O3S. The van der Waals surface area contributed by atoms with Crippen LogP contribution in [0.5, 0.6) is 0 Å². The Morgan fingerprint density at radius 2 is 1.77 bits per heavy atom. The van der Waals surface area contributed by atoms with Gasteiger partial charge in [0, 0.05) is 43.4 Å². The largest absolute Gasteiger partial charge is 0.367 e. The second-order valence-corrected chi connectivity index (χ2v) is 10.8. The highest BCUT2D eigenvalue weighted by atomic mass is 32.2. The van der Waals surface area contributed by atoms with E-state index in [1.807, 2.05) is 24.3 Å². The minimum atomic E-state index is -3.51. The molecule has 1 aliphatic carbocycles. The molecule has 0 bridgehead atoms. The van der Waals surface area contributed by atoms with Gasteiger partial charge in [0.05, 0.1) is 5.56 Å². The molecule has 3 aromatic rings. The summed E-state index contributed by atoms with van der Waals surface area (Å²) in [5.74, 6) is 0.537. The van der Waals surface area contributed by atoms with E-state index in [1.54, 1.807) is 18.3 Å². The van der Waals surface area contributed by atoms with Gasteiger partial charge in [0.1, 0.15) is 10.7 Å². The topological polar surface area (TPSA) is 143 Å². The zero-order chi connectivity index (χ0) is 24.4. The number of rotatable bonds is 8. The molecule has 0 unspecified atom stereocenters. The van der Waals surface area contributed by atoms with Gasteiger partial charge < -0.3 is 16.4 Å². The first kappa shape index (κ1) is 23.2. The van der Waals surface area contributed by atoms with Gasteiger partial charge in [0.25, 0.3) is 5.91 Å². The third-order valence-electron chi connectivity index (χ3n) is 6.34. The van der Waals surface area contributed by atoms with Crippen LogP contribution in [0.4, 0.5) is 17.5 Å². The number of benzene rings is 1. The van der Waals surface area contributed by atoms with E-state index in [0.29, 0.717) is 30.9 Å². The number of pyridine rings is 1. The number of amides is 1. The van der Waals surface area contributed by atoms with Crippen LogP contribution in [0.2, 0.25) is 0 Å². The molecule has 0 atom stereocenters. The summed E-state index contributed by atoms with van der Waals surface area (Å²) in [5, 5.41) is 6.40. The maximum absolute atomic E-state index is 12.8. The maximum atomic E-state index is 12.8. The monoisotopic (exact) mass is 493 g/mol. The Bertz CT molecular complexity index is 1300. The summed E-state index contributed by atoms with van der Waals surface area (Å²) in [6.07, 6.45) is 7.98. The highest BCUT2D eigenvalue weighted by molar-refractivity contribution is 7.89. The molecule has 4 N–H and O–H groups in total. The molecule has 11 heteroatoms. The molecule has 182 valence electrons. The summed E-state index contributed by atoms with van der Waals surface area (Å²) in [6.45, 7) is 0.942. The minimum absolute atomic E-state index is 0.232. The Morgan fingerprint density at radius 1 is 1.03 bits per heavy atom. The number of sulfonamides is 1. The fourth-order valence-corrected chi connectivity index (χ4v) is 5.63. The van der Waals surface area contributed by atoms with Crippen LogP contribution in [0.3, 0.4) is 0 Å². The predicted octanol–water partition coefficient (Wildman–Crippen LogP) is 2.86. The van der Waals surface area contributed by atoms with Crippen LogP contribution in [-0.2, 0) is 10.0 Å². The van der Waals surface area contributed by atoms with Gasteiger partial charge in [-0.3, -0.25) is 9.78 Å². The van der Waals surface area contributed by atoms with Crippen LogP contribution in [-0.4, -0.2) is 52.7 Å². The quantitative estimate of drug-likeness (QED) is 0.435. The number of nitrogens with two attached hydrogens (primary N) is 1. The molecule has 1 amide bonds. The van der Waals surface area contributed by atoms with Crippen molar-refractivity contribution in [3.8, 4) is 0 Å². The molecular weight excluding hydrogens is 466 g/mol. The number of nitrogens with zero attached hydrogens (tertiary/aromatic N) is 4. The van der Waals surface area contributed by atoms with E-state index in [1.165, 1.54) is 16.7 Å². The molecule has 5 rings (SSSR count). The third-order valence-corrected chi connectivity index (χ3v) is 8.22. The first-order valence-electron chi connectivity index (χ1n) is 11.6. The first-order chi connectivity index (χ1) is 16.9. The average Bonchev–Trinajstić information content (AvgIpc) is 3.69. The van der Waals surface area contributed by atoms with Crippen LogP contribution in [0.1, 0.15) is 47.5 Å². The summed E-state index contributed by atoms with van der Waals surface area (Å²) in [4.78, 5) is 24.5. The van der Waals surface area contributed by atoms with Crippen molar-refractivity contribution in [2.75, 3.05) is 23.7 Å². The van der Waals surface area contributed by atoms with Crippen molar-refractivity contribution >= 4 is 33.4 Å². The number of hydrogen-bond donors (Lipinski definition) is 3. The summed E-state index contributed by atoms with van der Waals surface area (Å²) in [7, 11) is -3.51. The van der Waals surface area contributed by atoms with Crippen LogP contribution in [0, 0.1) is 0 Å². The van der Waals surface area contributed by atoms with Gasteiger partial charge in [0.2, 0.25) is 16.0 Å². The molecule has 0 spiro atoms. The van der Waals surface area contributed by atoms with Crippen LogP contribution < -0.4 is 16.4 Å². The normalized spacial score (nSPS) is 17.1. The average molecular weight is 494 g/mol. The predicted molar refractivity (Wildman–Crippen MR) is 132 cm³/mol. The van der Waals surface area contributed by atoms with Crippen LogP contribution in [0.25, 0.3) is 0 Å². The number of carbonyl (C=O) groups excluding carboxylic acids is 1. The molecule has 1 saturated carbocycles. The molecule has 3 heterocycles. The third kappa shape index (κ3) is 5.25. The van der Waals surface area contributed by atoms with E-state index in [-0.39, 0.29) is 16.4 Å². The lowest BCUT2D eigenvalue weighted by molar-refractivity contribution is 0.100. The smallest absolute Gasteiger partial charge is 0.254 e. The number of hydrogen-bond acceptors (Lipinski definition) is 8. The van der Waals surface area contributed by atoms with Crippen molar-refractivity contribution in [1.29, 1.82) is 0 Å². The van der Waals surface area contributed by atoms with E-state index in [2.05, 4.69) is 25.6 Å². The van der Waals surface area contributed by atoms with Gasteiger partial charge in [-0.1, -0.05) is 12.1 Å². The number of carbonyl (C=O) groups is 1. The van der Waals surface area contributed by atoms with Gasteiger partial charge >= 0.3 is 0 Å². The Hall–Kier alpha value is -3.57. The molecule has 2 aliphatic rings. The second-order valence-electron chi connectivity index (χ2n) is 8.85. The zero-order valence-corrected chi connectivity index (χ0v) is 19.9. The first-order valence-corrected chi connectivity index (χ1v) is 13.0. The number of nitrogens with one attached hydrogen (secondary N) is 2. The van der Waals surface area contributed by atoms with Gasteiger partial charge in [0.15, 0.2) is 0 Å². The van der Waals surface area contributed by atoms with Crippen LogP contribution in [0.15, 0.2) is 59.9 Å². The fourth-order valence-electron chi connectivity index (χ4n) is 4.20. The van der Waals surface area contributed by atoms with Crippen molar-refractivity contribution in [1.82, 2.24) is 19.3 Å². The van der Waals surface area contributed by atoms with E-state index in [0.717, 1.165) is 36.9 Å². The van der Waals surface area contributed by atoms with E-state index in [9.17, 15) is 13.2 Å². The van der Waals surface area contributed by atoms with Crippen molar-refractivity contribution in [2.45, 2.75) is 42.5 Å². The van der Waals surface area contributed by atoms with E-state index < -0.39 is 15.9 Å². The number of piperidine rings is 1. The minimum Gasteiger partial charge on any atom is -0.367 e. The fraction of sp³-hybridized carbons (Fsp3) is 0.333. The number of anilines is 3.